The fourth-order valence-corrected chi connectivity index (χ4v) is 5.33. The topological polar surface area (TPSA) is 90.9 Å². The molecule has 1 heterocycles. The molecule has 28 heavy (non-hydrogen) atoms. The molecule has 1 N–H and O–H groups in total. The van der Waals surface area contributed by atoms with E-state index in [1.54, 1.807) is 6.92 Å². The van der Waals surface area contributed by atoms with Crippen molar-refractivity contribution < 1.29 is 28.2 Å². The molecule has 1 aliphatic heterocycles. The van der Waals surface area contributed by atoms with Crippen molar-refractivity contribution in [2.24, 2.45) is 0 Å². The minimum Gasteiger partial charge on any atom is -0.390 e. The molecule has 0 saturated carbocycles. The van der Waals surface area contributed by atoms with Crippen molar-refractivity contribution >= 4 is 19.3 Å². The van der Waals surface area contributed by atoms with Gasteiger partial charge in [0.25, 0.3) is 0 Å². The molecule has 1 saturated heterocycles. The number of ether oxygens (including phenoxy) is 2. The van der Waals surface area contributed by atoms with Gasteiger partial charge in [0, 0.05) is 19.7 Å². The van der Waals surface area contributed by atoms with Gasteiger partial charge in [0.15, 0.2) is 0 Å². The minimum atomic E-state index is -3.20. The first kappa shape index (κ1) is 22.8. The van der Waals surface area contributed by atoms with Crippen molar-refractivity contribution in [1.29, 1.82) is 0 Å². The second kappa shape index (κ2) is 10.9. The van der Waals surface area contributed by atoms with Crippen LogP contribution in [0.5, 0.6) is 0 Å². The lowest BCUT2D eigenvalue weighted by molar-refractivity contribution is -0.177. The van der Waals surface area contributed by atoms with Crippen LogP contribution in [0.4, 0.5) is 0 Å². The maximum absolute atomic E-state index is 13.0. The van der Waals surface area contributed by atoms with E-state index in [-0.39, 0.29) is 12.8 Å². The Kier molecular flexibility index (Phi) is 8.83. The summed E-state index contributed by atoms with van der Waals surface area (Å²) in [7, 11) is -1.81. The number of carbonyl (C=O) groups is 2. The highest BCUT2D eigenvalue weighted by atomic mass is 31.2. The largest absolute Gasteiger partial charge is 0.390 e. The summed E-state index contributed by atoms with van der Waals surface area (Å²) in [6, 6.07) is 10.0. The fraction of sp³-hybridized carbons (Fsp3) is 0.600. The predicted octanol–water partition coefficient (Wildman–Crippen LogP) is 3.12. The fourth-order valence-electron chi connectivity index (χ4n) is 3.31. The average molecular weight is 411 g/mol. The average Bonchev–Trinajstić information content (AvgIpc) is 3.16. The molecule has 2 atom stereocenters. The van der Waals surface area contributed by atoms with Crippen molar-refractivity contribution in [2.75, 3.05) is 32.6 Å². The van der Waals surface area contributed by atoms with Crippen LogP contribution in [0.2, 0.25) is 0 Å². The summed E-state index contributed by atoms with van der Waals surface area (Å²) in [6.45, 7) is 2.58. The molecule has 8 heteroatoms. The lowest BCUT2D eigenvalue weighted by Gasteiger charge is -2.25. The Balaban J connectivity index is 1.84. The number of unbranched alkanes of at least 4 members (excludes halogenated alkanes) is 1. The third kappa shape index (κ3) is 6.52. The van der Waals surface area contributed by atoms with Gasteiger partial charge in [-0.3, -0.25) is 14.7 Å². The molecule has 0 aliphatic carbocycles. The Bertz CT molecular complexity index is 687. The molecule has 0 radical (unpaired) electrons. The summed E-state index contributed by atoms with van der Waals surface area (Å²) in [6.07, 6.45) is 3.43. The van der Waals surface area contributed by atoms with Crippen LogP contribution in [0, 0.1) is 0 Å². The normalized spacial score (nSPS) is 21.2. The first-order valence-electron chi connectivity index (χ1n) is 9.75. The maximum Gasteiger partial charge on any atom is 0.361 e. The van der Waals surface area contributed by atoms with Gasteiger partial charge in [-0.2, -0.15) is 0 Å². The molecule has 156 valence electrons. The van der Waals surface area contributed by atoms with Crippen molar-refractivity contribution in [3.63, 3.8) is 0 Å². The van der Waals surface area contributed by atoms with Gasteiger partial charge in [-0.25, -0.2) is 4.79 Å². The van der Waals surface area contributed by atoms with E-state index < -0.39 is 31.2 Å². The van der Waals surface area contributed by atoms with Crippen LogP contribution in [0.3, 0.4) is 0 Å². The van der Waals surface area contributed by atoms with Gasteiger partial charge in [-0.05, 0) is 44.7 Å². The molecule has 7 nitrogen and oxygen atoms in total. The van der Waals surface area contributed by atoms with E-state index in [1.165, 1.54) is 12.7 Å². The Morgan fingerprint density at radius 2 is 1.96 bits per heavy atom. The molecular weight excluding hydrogens is 381 g/mol. The van der Waals surface area contributed by atoms with E-state index in [0.717, 1.165) is 19.3 Å². The molecule has 0 amide bonds. The van der Waals surface area contributed by atoms with Crippen LogP contribution in [-0.2, 0) is 34.6 Å². The molecule has 1 aromatic carbocycles. The van der Waals surface area contributed by atoms with Gasteiger partial charge in [0.05, 0.1) is 6.61 Å². The Hall–Kier alpha value is -1.53. The monoisotopic (exact) mass is 411 g/mol. The van der Waals surface area contributed by atoms with Crippen molar-refractivity contribution in [3.05, 3.63) is 35.9 Å². The van der Waals surface area contributed by atoms with Gasteiger partial charge in [-0.1, -0.05) is 30.3 Å². The Morgan fingerprint density at radius 1 is 1.21 bits per heavy atom. The van der Waals surface area contributed by atoms with E-state index in [4.69, 9.17) is 14.0 Å². The SMILES string of the molecule is CCOP(=O)(CCCCc1ccccc1)CC(=O)OC(=O)[C@]1(OC)CCCN1. The summed E-state index contributed by atoms with van der Waals surface area (Å²) < 4.78 is 28.6. The Morgan fingerprint density at radius 3 is 2.57 bits per heavy atom. The van der Waals surface area contributed by atoms with E-state index >= 15 is 0 Å². The number of carbonyl (C=O) groups excluding carboxylic acids is 2. The van der Waals surface area contributed by atoms with Crippen LogP contribution < -0.4 is 5.32 Å². The molecular formula is C20H30NO6P. The second-order valence-electron chi connectivity index (χ2n) is 6.88. The quantitative estimate of drug-likeness (QED) is 0.259. The van der Waals surface area contributed by atoms with Crippen LogP contribution in [0.15, 0.2) is 30.3 Å². The molecule has 1 aliphatic rings. The first-order valence-corrected chi connectivity index (χ1v) is 11.7. The smallest absolute Gasteiger partial charge is 0.361 e. The highest BCUT2D eigenvalue weighted by molar-refractivity contribution is 7.59. The van der Waals surface area contributed by atoms with E-state index in [0.29, 0.717) is 19.4 Å². The summed E-state index contributed by atoms with van der Waals surface area (Å²) in [5.74, 6) is -1.63. The lowest BCUT2D eigenvalue weighted by Crippen LogP contribution is -2.51. The van der Waals surface area contributed by atoms with E-state index in [2.05, 4.69) is 5.32 Å². The maximum atomic E-state index is 13.0. The van der Waals surface area contributed by atoms with Gasteiger partial charge in [0.2, 0.25) is 13.1 Å². The Labute approximate surface area is 166 Å². The van der Waals surface area contributed by atoms with Crippen molar-refractivity contribution in [3.8, 4) is 0 Å². The standard InChI is InChI=1S/C20H30NO6P/c1-3-26-28(24,15-8-7-12-17-10-5-4-6-11-17)16-18(22)27-19(23)20(25-2)13-9-14-21-20/h4-6,10-11,21H,3,7-9,12-16H2,1-2H3/t20-,28?/m1/s1. The zero-order valence-electron chi connectivity index (χ0n) is 16.6. The summed E-state index contributed by atoms with van der Waals surface area (Å²) >= 11 is 0. The zero-order chi connectivity index (χ0) is 20.5. The summed E-state index contributed by atoms with van der Waals surface area (Å²) in [5.41, 5.74) is -0.0753. The van der Waals surface area contributed by atoms with Crippen molar-refractivity contribution in [1.82, 2.24) is 5.32 Å². The lowest BCUT2D eigenvalue weighted by atomic mass is 10.1. The number of aryl methyl sites for hydroxylation is 1. The molecule has 2 rings (SSSR count). The highest BCUT2D eigenvalue weighted by Gasteiger charge is 2.44. The molecule has 0 bridgehead atoms. The number of hydrogen-bond acceptors (Lipinski definition) is 7. The molecule has 1 fully saturated rings. The second-order valence-corrected chi connectivity index (χ2v) is 9.53. The molecule has 0 aromatic heterocycles. The van der Waals surface area contributed by atoms with Gasteiger partial charge in [0.1, 0.15) is 6.16 Å². The van der Waals surface area contributed by atoms with Crippen molar-refractivity contribution in [2.45, 2.75) is 44.8 Å². The van der Waals surface area contributed by atoms with Crippen LogP contribution >= 0.6 is 7.37 Å². The summed E-state index contributed by atoms with van der Waals surface area (Å²) in [4.78, 5) is 24.5. The predicted molar refractivity (Wildman–Crippen MR) is 106 cm³/mol. The number of benzene rings is 1. The number of methoxy groups -OCH3 is 1. The third-order valence-electron chi connectivity index (χ3n) is 4.79. The number of nitrogens with one attached hydrogen (secondary N) is 1. The molecule has 1 unspecified atom stereocenters. The van der Waals surface area contributed by atoms with Crippen LogP contribution in [0.25, 0.3) is 0 Å². The molecule has 0 spiro atoms. The first-order chi connectivity index (χ1) is 13.4. The highest BCUT2D eigenvalue weighted by Crippen LogP contribution is 2.47. The van der Waals surface area contributed by atoms with Crippen LogP contribution in [-0.4, -0.2) is 50.2 Å². The number of rotatable bonds is 11. The van der Waals surface area contributed by atoms with Crippen LogP contribution in [0.1, 0.15) is 38.2 Å². The minimum absolute atomic E-state index is 0.237. The molecule has 1 aromatic rings. The van der Waals surface area contributed by atoms with Gasteiger partial charge in [-0.15, -0.1) is 0 Å². The summed E-state index contributed by atoms with van der Waals surface area (Å²) in [5, 5.41) is 2.92. The number of hydrogen-bond donors (Lipinski definition) is 1. The third-order valence-corrected chi connectivity index (χ3v) is 7.26. The van der Waals surface area contributed by atoms with Gasteiger partial charge >= 0.3 is 11.9 Å². The number of esters is 2. The zero-order valence-corrected chi connectivity index (χ0v) is 17.5. The van der Waals surface area contributed by atoms with E-state index in [9.17, 15) is 14.2 Å². The van der Waals surface area contributed by atoms with Gasteiger partial charge < -0.3 is 14.0 Å². The van der Waals surface area contributed by atoms with E-state index in [1.807, 2.05) is 30.3 Å².